The average molecular weight is 530 g/mol. The zero-order valence-corrected chi connectivity index (χ0v) is 15.6. The highest BCUT2D eigenvalue weighted by Gasteiger charge is 2.74. The van der Waals surface area contributed by atoms with E-state index in [1.807, 2.05) is 0 Å². The van der Waals surface area contributed by atoms with Crippen molar-refractivity contribution in [3.8, 4) is 0 Å². The first-order valence-corrected chi connectivity index (χ1v) is 8.07. The predicted octanol–water partition coefficient (Wildman–Crippen LogP) is 5.67. The fourth-order valence-corrected chi connectivity index (χ4v) is 1.90. The number of halogens is 14. The van der Waals surface area contributed by atoms with Gasteiger partial charge >= 0.3 is 48.0 Å². The van der Waals surface area contributed by atoms with Gasteiger partial charge in [-0.2, -0.15) is 61.5 Å². The molecule has 0 unspecified atom stereocenters. The molecule has 18 heteroatoms. The van der Waals surface area contributed by atoms with Crippen LogP contribution in [0.15, 0.2) is 24.3 Å². The van der Waals surface area contributed by atoms with Gasteiger partial charge in [0, 0.05) is 0 Å². The van der Waals surface area contributed by atoms with Crippen molar-refractivity contribution in [1.82, 2.24) is 0 Å². The number of alkyl halides is 14. The summed E-state index contributed by atoms with van der Waals surface area (Å²) in [6.07, 6.45) is -13.5. The normalized spacial score (nSPS) is 14.1. The van der Waals surface area contributed by atoms with E-state index in [-0.39, 0.29) is 0 Å². The zero-order chi connectivity index (χ0) is 27.0. The lowest BCUT2D eigenvalue weighted by Gasteiger charge is -2.28. The summed E-state index contributed by atoms with van der Waals surface area (Å²) in [6, 6.07) is 2.54. The van der Waals surface area contributed by atoms with Crippen molar-refractivity contribution in [2.45, 2.75) is 36.0 Å². The molecule has 34 heavy (non-hydrogen) atoms. The Bertz CT molecular complexity index is 831. The molecule has 0 aromatic heterocycles. The van der Waals surface area contributed by atoms with Crippen LogP contribution in [-0.4, -0.2) is 61.2 Å². The Balaban J connectivity index is 3.04. The minimum Gasteiger partial charge on any atom is -0.455 e. The number of rotatable bonds is 8. The van der Waals surface area contributed by atoms with Crippen molar-refractivity contribution in [3.05, 3.63) is 35.4 Å². The van der Waals surface area contributed by atoms with Gasteiger partial charge in [0.1, 0.15) is 0 Å². The number of carbonyl (C=O) groups is 2. The van der Waals surface area contributed by atoms with Crippen LogP contribution in [0.5, 0.6) is 0 Å². The number of benzene rings is 1. The molecular weight excluding hydrogens is 522 g/mol. The van der Waals surface area contributed by atoms with E-state index >= 15 is 0 Å². The fourth-order valence-electron chi connectivity index (χ4n) is 1.90. The maximum atomic E-state index is 13.2. The minimum atomic E-state index is -6.77. The maximum absolute atomic E-state index is 13.2. The number of hydrogen-bond acceptors (Lipinski definition) is 4. The molecular formula is C16H8F14O4. The molecule has 194 valence electrons. The summed E-state index contributed by atoms with van der Waals surface area (Å²) in [5, 5.41) is 0. The van der Waals surface area contributed by atoms with Gasteiger partial charge in [-0.3, -0.25) is 0 Å². The van der Waals surface area contributed by atoms with Crippen LogP contribution < -0.4 is 0 Å². The lowest BCUT2D eigenvalue weighted by Crippen LogP contribution is -2.54. The van der Waals surface area contributed by atoms with Crippen LogP contribution in [0, 0.1) is 0 Å². The molecule has 0 heterocycles. The summed E-state index contributed by atoms with van der Waals surface area (Å²) in [5.74, 6) is -29.8. The third kappa shape index (κ3) is 5.63. The van der Waals surface area contributed by atoms with Gasteiger partial charge in [0.15, 0.2) is 13.2 Å². The first-order valence-electron chi connectivity index (χ1n) is 8.07. The van der Waals surface area contributed by atoms with Crippen molar-refractivity contribution in [1.29, 1.82) is 0 Å². The van der Waals surface area contributed by atoms with Gasteiger partial charge in [-0.25, -0.2) is 9.59 Å². The van der Waals surface area contributed by atoms with Crippen molar-refractivity contribution in [2.75, 3.05) is 13.2 Å². The molecule has 1 aromatic rings. The molecule has 1 rings (SSSR count). The molecule has 0 aliphatic rings. The van der Waals surface area contributed by atoms with Crippen molar-refractivity contribution < 1.29 is 80.5 Å². The molecule has 0 spiro atoms. The summed E-state index contributed by atoms with van der Waals surface area (Å²) in [7, 11) is 0. The van der Waals surface area contributed by atoms with E-state index in [4.69, 9.17) is 0 Å². The van der Waals surface area contributed by atoms with E-state index in [9.17, 15) is 71.1 Å². The minimum absolute atomic E-state index is 0.460. The summed E-state index contributed by atoms with van der Waals surface area (Å²) in [6.45, 7) is -5.78. The summed E-state index contributed by atoms with van der Waals surface area (Å²) in [5.41, 5.74) is -2.55. The molecule has 1 aromatic carbocycles. The Morgan fingerprint density at radius 2 is 0.824 bits per heavy atom. The average Bonchev–Trinajstić information content (AvgIpc) is 2.68. The highest BCUT2D eigenvalue weighted by Crippen LogP contribution is 2.47. The molecule has 0 saturated heterocycles. The van der Waals surface area contributed by atoms with E-state index in [1.165, 1.54) is 0 Å². The fraction of sp³-hybridized carbons (Fsp3) is 0.500. The van der Waals surface area contributed by atoms with Gasteiger partial charge in [-0.05, 0) is 12.1 Å². The second-order valence-corrected chi connectivity index (χ2v) is 6.25. The second-order valence-electron chi connectivity index (χ2n) is 6.25. The third-order valence-corrected chi connectivity index (χ3v) is 3.77. The zero-order valence-electron chi connectivity index (χ0n) is 15.6. The van der Waals surface area contributed by atoms with E-state index in [1.54, 1.807) is 0 Å². The van der Waals surface area contributed by atoms with Gasteiger partial charge < -0.3 is 9.47 Å². The predicted molar refractivity (Wildman–Crippen MR) is 78.9 cm³/mol. The molecule has 0 saturated carbocycles. The highest BCUT2D eigenvalue weighted by molar-refractivity contribution is 6.03. The van der Waals surface area contributed by atoms with Crippen LogP contribution in [0.2, 0.25) is 0 Å². The van der Waals surface area contributed by atoms with E-state index < -0.39 is 72.3 Å². The van der Waals surface area contributed by atoms with Gasteiger partial charge in [-0.1, -0.05) is 12.1 Å². The van der Waals surface area contributed by atoms with Crippen LogP contribution >= 0.6 is 0 Å². The quantitative estimate of drug-likeness (QED) is 0.322. The van der Waals surface area contributed by atoms with Crippen LogP contribution in [-0.2, 0) is 9.47 Å². The summed E-state index contributed by atoms with van der Waals surface area (Å²) in [4.78, 5) is 23.6. The maximum Gasteiger partial charge on any atom is 0.460 e. The molecule has 4 nitrogen and oxygen atoms in total. The molecule has 0 fully saturated rings. The SMILES string of the molecule is O=C(OCC(F)(F)C(F)(F)C(F)(F)F)c1ccccc1C(=O)OCC(F)(F)C(F)(F)C(F)(F)F. The molecule has 0 aliphatic carbocycles. The van der Waals surface area contributed by atoms with Crippen molar-refractivity contribution in [2.24, 2.45) is 0 Å². The second kappa shape index (κ2) is 9.09. The highest BCUT2D eigenvalue weighted by atomic mass is 19.4. The van der Waals surface area contributed by atoms with E-state index in [0.717, 1.165) is 12.1 Å². The lowest BCUT2D eigenvalue weighted by molar-refractivity contribution is -0.359. The van der Waals surface area contributed by atoms with Crippen LogP contribution in [0.1, 0.15) is 20.7 Å². The van der Waals surface area contributed by atoms with E-state index in [2.05, 4.69) is 9.47 Å². The monoisotopic (exact) mass is 530 g/mol. The Morgan fingerprint density at radius 1 is 0.559 bits per heavy atom. The first-order chi connectivity index (χ1) is 15.0. The van der Waals surface area contributed by atoms with Gasteiger partial charge in [-0.15, -0.1) is 0 Å². The Hall–Kier alpha value is -2.82. The number of esters is 2. The van der Waals surface area contributed by atoms with Crippen molar-refractivity contribution in [3.63, 3.8) is 0 Å². The number of hydrogen-bond donors (Lipinski definition) is 0. The smallest absolute Gasteiger partial charge is 0.455 e. The number of ether oxygens (including phenoxy) is 2. The standard InChI is InChI=1S/C16H8F14O4/c17-11(18,13(21,22)15(25,26)27)5-33-9(31)7-3-1-2-4-8(7)10(32)34-6-12(19,20)14(23,24)16(28,29)30/h1-4H,5-6H2. The van der Waals surface area contributed by atoms with Gasteiger partial charge in [0.25, 0.3) is 0 Å². The van der Waals surface area contributed by atoms with Crippen LogP contribution in [0.25, 0.3) is 0 Å². The van der Waals surface area contributed by atoms with Gasteiger partial charge in [0.2, 0.25) is 0 Å². The summed E-state index contributed by atoms with van der Waals surface area (Å²) < 4.78 is 184. The van der Waals surface area contributed by atoms with Crippen LogP contribution in [0.3, 0.4) is 0 Å². The molecule has 0 N–H and O–H groups in total. The molecule has 0 bridgehead atoms. The van der Waals surface area contributed by atoms with Crippen molar-refractivity contribution >= 4 is 11.9 Å². The lowest BCUT2D eigenvalue weighted by atomic mass is 10.1. The molecule has 0 aliphatic heterocycles. The Kier molecular flexibility index (Phi) is 7.81. The first kappa shape index (κ1) is 29.2. The van der Waals surface area contributed by atoms with Crippen LogP contribution in [0.4, 0.5) is 61.5 Å². The molecule has 0 atom stereocenters. The van der Waals surface area contributed by atoms with Gasteiger partial charge in [0.05, 0.1) is 11.1 Å². The Morgan fingerprint density at radius 3 is 1.06 bits per heavy atom. The molecule has 0 radical (unpaired) electrons. The Labute approximate surface area is 178 Å². The molecule has 0 amide bonds. The van der Waals surface area contributed by atoms with E-state index in [0.29, 0.717) is 12.1 Å². The summed E-state index contributed by atoms with van der Waals surface area (Å²) >= 11 is 0. The largest absolute Gasteiger partial charge is 0.460 e. The third-order valence-electron chi connectivity index (χ3n) is 3.77. The number of carbonyl (C=O) groups excluding carboxylic acids is 2. The topological polar surface area (TPSA) is 52.6 Å².